The van der Waals surface area contributed by atoms with Crippen molar-refractivity contribution in [3.8, 4) is 0 Å². The van der Waals surface area contributed by atoms with Gasteiger partial charge in [0.15, 0.2) is 5.69 Å². The molecule has 1 aliphatic heterocycles. The van der Waals surface area contributed by atoms with Gasteiger partial charge in [-0.25, -0.2) is 13.1 Å². The summed E-state index contributed by atoms with van der Waals surface area (Å²) in [7, 11) is -3.62. The van der Waals surface area contributed by atoms with E-state index in [1.54, 1.807) is 6.07 Å². The summed E-state index contributed by atoms with van der Waals surface area (Å²) in [4.78, 5) is 16.0. The molecular weight excluding hydrogens is 368 g/mol. The second-order valence-corrected chi connectivity index (χ2v) is 7.07. The summed E-state index contributed by atoms with van der Waals surface area (Å²) in [6.07, 6.45) is 3.57. The summed E-state index contributed by atoms with van der Waals surface area (Å²) in [6.45, 7) is 1.69. The quantitative estimate of drug-likeness (QED) is 0.499. The molecule has 11 heteroatoms. The summed E-state index contributed by atoms with van der Waals surface area (Å²) in [6, 6.07) is 3.00. The van der Waals surface area contributed by atoms with Crippen LogP contribution in [0.5, 0.6) is 0 Å². The topological polar surface area (TPSA) is 129 Å². The molecule has 0 spiro atoms. The van der Waals surface area contributed by atoms with Crippen LogP contribution < -0.4 is 15.4 Å². The number of nitrogens with one attached hydrogen (secondary N) is 4. The molecule has 0 radical (unpaired) electrons. The van der Waals surface area contributed by atoms with Crippen LogP contribution in [0.15, 0.2) is 29.4 Å². The van der Waals surface area contributed by atoms with E-state index in [1.165, 1.54) is 18.5 Å². The number of hydrogen-bond acceptors (Lipinski definition) is 6. The monoisotopic (exact) mass is 386 g/mol. The van der Waals surface area contributed by atoms with Gasteiger partial charge in [0.1, 0.15) is 4.90 Å². The zero-order valence-electron chi connectivity index (χ0n) is 13.3. The van der Waals surface area contributed by atoms with Crippen LogP contribution in [-0.2, 0) is 23.0 Å². The minimum Gasteiger partial charge on any atom is -0.349 e. The molecule has 0 saturated carbocycles. The summed E-state index contributed by atoms with van der Waals surface area (Å²) >= 11 is 0. The van der Waals surface area contributed by atoms with Crippen molar-refractivity contribution < 1.29 is 13.2 Å². The van der Waals surface area contributed by atoms with Gasteiger partial charge in [-0.3, -0.25) is 14.9 Å². The number of hydrogen-bond donors (Lipinski definition) is 4. The molecule has 3 rings (SSSR count). The molecule has 136 valence electrons. The number of amides is 1. The Hall–Kier alpha value is -2.01. The molecule has 0 aromatic carbocycles. The van der Waals surface area contributed by atoms with Crippen LogP contribution in [0.3, 0.4) is 0 Å². The molecular formula is C14H19ClN6O3S. The fourth-order valence-corrected chi connectivity index (χ4v) is 3.44. The Kier molecular flexibility index (Phi) is 6.48. The van der Waals surface area contributed by atoms with E-state index >= 15 is 0 Å². The lowest BCUT2D eigenvalue weighted by molar-refractivity contribution is 0.0948. The van der Waals surface area contributed by atoms with Crippen LogP contribution in [0, 0.1) is 0 Å². The number of sulfonamides is 1. The molecule has 2 aromatic heterocycles. The second kappa shape index (κ2) is 8.39. The molecule has 0 bridgehead atoms. The first-order valence-corrected chi connectivity index (χ1v) is 9.01. The predicted molar refractivity (Wildman–Crippen MR) is 93.0 cm³/mol. The number of carbonyl (C=O) groups is 1. The summed E-state index contributed by atoms with van der Waals surface area (Å²) in [5, 5.41) is 12.8. The smallest absolute Gasteiger partial charge is 0.272 e. The Morgan fingerprint density at radius 1 is 1.32 bits per heavy atom. The van der Waals surface area contributed by atoms with E-state index < -0.39 is 10.0 Å². The van der Waals surface area contributed by atoms with Gasteiger partial charge in [-0.05, 0) is 12.1 Å². The number of nitrogens with zero attached hydrogens (tertiary/aromatic N) is 2. The number of rotatable bonds is 6. The van der Waals surface area contributed by atoms with E-state index in [-0.39, 0.29) is 36.3 Å². The standard InChI is InChI=1S/C14H18N6O3S.ClH/c21-14(13-11-9-16-5-3-12(11)19-20-13)17-6-7-18-24(22,23)10-2-1-4-15-8-10;/h1-2,4,8,16,18H,3,5-7,9H2,(H,17,21)(H,19,20);1H. The van der Waals surface area contributed by atoms with E-state index in [2.05, 4.69) is 30.5 Å². The first kappa shape index (κ1) is 19.3. The van der Waals surface area contributed by atoms with Crippen molar-refractivity contribution in [2.24, 2.45) is 0 Å². The van der Waals surface area contributed by atoms with Crippen LogP contribution in [0.4, 0.5) is 0 Å². The van der Waals surface area contributed by atoms with Crippen LogP contribution in [0.1, 0.15) is 21.7 Å². The zero-order chi connectivity index (χ0) is 17.0. The maximum absolute atomic E-state index is 12.2. The third-order valence-corrected chi connectivity index (χ3v) is 5.12. The van der Waals surface area contributed by atoms with Gasteiger partial charge in [-0.2, -0.15) is 5.10 Å². The normalized spacial score (nSPS) is 13.6. The molecule has 0 aliphatic carbocycles. The van der Waals surface area contributed by atoms with Gasteiger partial charge in [0, 0.05) is 56.3 Å². The number of halogens is 1. The molecule has 1 aliphatic rings. The summed E-state index contributed by atoms with van der Waals surface area (Å²) in [5.41, 5.74) is 2.19. The molecule has 25 heavy (non-hydrogen) atoms. The number of aromatic amines is 1. The maximum Gasteiger partial charge on any atom is 0.272 e. The van der Waals surface area contributed by atoms with E-state index in [1.807, 2.05) is 0 Å². The second-order valence-electron chi connectivity index (χ2n) is 5.30. The first-order valence-electron chi connectivity index (χ1n) is 7.52. The van der Waals surface area contributed by atoms with Crippen molar-refractivity contribution >= 4 is 28.3 Å². The van der Waals surface area contributed by atoms with E-state index in [4.69, 9.17) is 0 Å². The van der Waals surface area contributed by atoms with Gasteiger partial charge in [0.2, 0.25) is 10.0 Å². The van der Waals surface area contributed by atoms with Crippen LogP contribution >= 0.6 is 12.4 Å². The minimum atomic E-state index is -3.62. The molecule has 0 saturated heterocycles. The van der Waals surface area contributed by atoms with Crippen molar-refractivity contribution in [2.45, 2.75) is 17.9 Å². The number of H-pyrrole nitrogens is 1. The Morgan fingerprint density at radius 3 is 2.92 bits per heavy atom. The minimum absolute atomic E-state index is 0. The van der Waals surface area contributed by atoms with Crippen molar-refractivity contribution in [1.29, 1.82) is 0 Å². The number of fused-ring (bicyclic) bond motifs is 1. The van der Waals surface area contributed by atoms with Crippen LogP contribution in [-0.4, -0.2) is 49.1 Å². The molecule has 2 aromatic rings. The van der Waals surface area contributed by atoms with Crippen molar-refractivity contribution in [1.82, 2.24) is 30.5 Å². The van der Waals surface area contributed by atoms with E-state index in [9.17, 15) is 13.2 Å². The molecule has 9 nitrogen and oxygen atoms in total. The molecule has 0 fully saturated rings. The number of aromatic nitrogens is 3. The highest BCUT2D eigenvalue weighted by Gasteiger charge is 2.21. The highest BCUT2D eigenvalue weighted by molar-refractivity contribution is 7.89. The van der Waals surface area contributed by atoms with Gasteiger partial charge in [-0.1, -0.05) is 0 Å². The van der Waals surface area contributed by atoms with Crippen molar-refractivity contribution in [3.63, 3.8) is 0 Å². The van der Waals surface area contributed by atoms with Gasteiger partial charge in [0.25, 0.3) is 5.91 Å². The molecule has 0 atom stereocenters. The Labute approximate surface area is 151 Å². The maximum atomic E-state index is 12.2. The molecule has 0 unspecified atom stereocenters. The molecule has 4 N–H and O–H groups in total. The van der Waals surface area contributed by atoms with Gasteiger partial charge < -0.3 is 10.6 Å². The average molecular weight is 387 g/mol. The third kappa shape index (κ3) is 4.54. The lowest BCUT2D eigenvalue weighted by Gasteiger charge is -2.13. The Balaban J connectivity index is 0.00000225. The number of carbonyl (C=O) groups excluding carboxylic acids is 1. The molecule has 1 amide bonds. The largest absolute Gasteiger partial charge is 0.349 e. The lowest BCUT2D eigenvalue weighted by Crippen LogP contribution is -2.35. The van der Waals surface area contributed by atoms with Gasteiger partial charge in [-0.15, -0.1) is 12.4 Å². The molecule has 3 heterocycles. The van der Waals surface area contributed by atoms with Crippen molar-refractivity contribution in [2.75, 3.05) is 19.6 Å². The Bertz CT molecular complexity index is 824. The van der Waals surface area contributed by atoms with Gasteiger partial charge >= 0.3 is 0 Å². The lowest BCUT2D eigenvalue weighted by atomic mass is 10.1. The van der Waals surface area contributed by atoms with Crippen LogP contribution in [0.2, 0.25) is 0 Å². The van der Waals surface area contributed by atoms with Crippen LogP contribution in [0.25, 0.3) is 0 Å². The zero-order valence-corrected chi connectivity index (χ0v) is 14.9. The fraction of sp³-hybridized carbons (Fsp3) is 0.357. The predicted octanol–water partition coefficient (Wildman–Crippen LogP) is -0.419. The van der Waals surface area contributed by atoms with E-state index in [0.717, 1.165) is 24.2 Å². The SMILES string of the molecule is Cl.O=C(NCCNS(=O)(=O)c1cccnc1)c1n[nH]c2c1CNCC2. The van der Waals surface area contributed by atoms with E-state index in [0.29, 0.717) is 12.2 Å². The summed E-state index contributed by atoms with van der Waals surface area (Å²) < 4.78 is 26.4. The first-order chi connectivity index (χ1) is 11.6. The fourth-order valence-electron chi connectivity index (χ4n) is 2.45. The highest BCUT2D eigenvalue weighted by atomic mass is 35.5. The van der Waals surface area contributed by atoms with Gasteiger partial charge in [0.05, 0.1) is 0 Å². The Morgan fingerprint density at radius 2 is 2.16 bits per heavy atom. The summed E-state index contributed by atoms with van der Waals surface area (Å²) in [5.74, 6) is -0.322. The average Bonchev–Trinajstić information content (AvgIpc) is 3.03. The number of pyridine rings is 1. The highest BCUT2D eigenvalue weighted by Crippen LogP contribution is 2.14. The third-order valence-electron chi connectivity index (χ3n) is 3.67. The van der Waals surface area contributed by atoms with Crippen molar-refractivity contribution in [3.05, 3.63) is 41.5 Å².